The maximum atomic E-state index is 13.1. The van der Waals surface area contributed by atoms with Crippen LogP contribution in [0.1, 0.15) is 49.9 Å². The van der Waals surface area contributed by atoms with Crippen LogP contribution >= 0.6 is 0 Å². The minimum atomic E-state index is -1.12. The molecule has 2 aromatic carbocycles. The summed E-state index contributed by atoms with van der Waals surface area (Å²) < 4.78 is 0. The second kappa shape index (κ2) is 6.55. The molecule has 5 heteroatoms. The van der Waals surface area contributed by atoms with E-state index in [1.54, 1.807) is 31.2 Å². The molecule has 1 atom stereocenters. The van der Waals surface area contributed by atoms with Crippen LogP contribution in [0, 0.1) is 11.3 Å². The van der Waals surface area contributed by atoms with Crippen molar-refractivity contribution in [1.29, 1.82) is 5.26 Å². The van der Waals surface area contributed by atoms with E-state index in [0.29, 0.717) is 11.1 Å². The molecule has 0 saturated carbocycles. The van der Waals surface area contributed by atoms with Crippen molar-refractivity contribution >= 4 is 11.9 Å². The van der Waals surface area contributed by atoms with Crippen molar-refractivity contribution in [3.63, 3.8) is 0 Å². The molecule has 0 aromatic heterocycles. The SMILES string of the molecule is CC(C)(C)c1ccc([C@]2(C)NC(=O)N(Cc3ccccc3C#N)C2=O)cc1. The molecule has 0 spiro atoms. The van der Waals surface area contributed by atoms with Gasteiger partial charge in [-0.15, -0.1) is 0 Å². The first-order valence-electron chi connectivity index (χ1n) is 8.90. The Kier molecular flexibility index (Phi) is 4.52. The first-order valence-corrected chi connectivity index (χ1v) is 8.90. The second-order valence-corrected chi connectivity index (χ2v) is 8.04. The van der Waals surface area contributed by atoms with Crippen LogP contribution < -0.4 is 5.32 Å². The molecule has 0 radical (unpaired) electrons. The predicted molar refractivity (Wildman–Crippen MR) is 103 cm³/mol. The fourth-order valence-electron chi connectivity index (χ4n) is 3.28. The zero-order valence-corrected chi connectivity index (χ0v) is 16.0. The van der Waals surface area contributed by atoms with Crippen molar-refractivity contribution in [2.24, 2.45) is 0 Å². The summed E-state index contributed by atoms with van der Waals surface area (Å²) in [5, 5.41) is 12.1. The summed E-state index contributed by atoms with van der Waals surface area (Å²) in [5.41, 5.74) is 1.90. The Bertz CT molecular complexity index is 935. The number of hydrogen-bond acceptors (Lipinski definition) is 3. The average molecular weight is 361 g/mol. The van der Waals surface area contributed by atoms with Crippen LogP contribution in [-0.2, 0) is 22.3 Å². The quantitative estimate of drug-likeness (QED) is 0.845. The van der Waals surface area contributed by atoms with Gasteiger partial charge in [-0.05, 0) is 35.1 Å². The maximum absolute atomic E-state index is 13.1. The summed E-state index contributed by atoms with van der Waals surface area (Å²) in [7, 11) is 0. The van der Waals surface area contributed by atoms with Gasteiger partial charge in [-0.25, -0.2) is 4.79 Å². The van der Waals surface area contributed by atoms with E-state index in [1.165, 1.54) is 4.90 Å². The highest BCUT2D eigenvalue weighted by molar-refractivity contribution is 6.07. The van der Waals surface area contributed by atoms with Crippen LogP contribution in [0.25, 0.3) is 0 Å². The number of nitrogens with zero attached hydrogens (tertiary/aromatic N) is 2. The summed E-state index contributed by atoms with van der Waals surface area (Å²) >= 11 is 0. The highest BCUT2D eigenvalue weighted by Gasteiger charge is 2.49. The van der Waals surface area contributed by atoms with Crippen molar-refractivity contribution in [2.45, 2.75) is 45.2 Å². The molecule has 3 amide bonds. The number of imide groups is 1. The van der Waals surface area contributed by atoms with E-state index >= 15 is 0 Å². The minimum absolute atomic E-state index is 0.00933. The maximum Gasteiger partial charge on any atom is 0.325 e. The lowest BCUT2D eigenvalue weighted by molar-refractivity contribution is -0.131. The average Bonchev–Trinajstić information content (AvgIpc) is 2.86. The molecule has 0 bridgehead atoms. The number of benzene rings is 2. The highest BCUT2D eigenvalue weighted by atomic mass is 16.2. The predicted octanol–water partition coefficient (Wildman–Crippen LogP) is 3.82. The van der Waals surface area contributed by atoms with Gasteiger partial charge in [-0.1, -0.05) is 63.2 Å². The van der Waals surface area contributed by atoms with Crippen LogP contribution in [0.2, 0.25) is 0 Å². The van der Waals surface area contributed by atoms with Gasteiger partial charge in [0.25, 0.3) is 5.91 Å². The topological polar surface area (TPSA) is 73.2 Å². The molecule has 138 valence electrons. The minimum Gasteiger partial charge on any atom is -0.319 e. The van der Waals surface area contributed by atoms with E-state index in [9.17, 15) is 14.9 Å². The Labute approximate surface area is 159 Å². The zero-order chi connectivity index (χ0) is 19.8. The Morgan fingerprint density at radius 2 is 1.70 bits per heavy atom. The molecule has 1 aliphatic rings. The molecule has 27 heavy (non-hydrogen) atoms. The van der Waals surface area contributed by atoms with Gasteiger partial charge in [0.15, 0.2) is 0 Å². The van der Waals surface area contributed by atoms with Gasteiger partial charge in [0.1, 0.15) is 5.54 Å². The highest BCUT2D eigenvalue weighted by Crippen LogP contribution is 2.32. The van der Waals surface area contributed by atoms with E-state index in [2.05, 4.69) is 32.2 Å². The monoisotopic (exact) mass is 361 g/mol. The van der Waals surface area contributed by atoms with Gasteiger partial charge in [-0.2, -0.15) is 5.26 Å². The summed E-state index contributed by atoms with van der Waals surface area (Å²) in [4.78, 5) is 26.8. The molecule has 1 aliphatic heterocycles. The van der Waals surface area contributed by atoms with E-state index in [1.807, 2.05) is 24.3 Å². The van der Waals surface area contributed by atoms with Crippen molar-refractivity contribution in [2.75, 3.05) is 0 Å². The van der Waals surface area contributed by atoms with E-state index in [-0.39, 0.29) is 17.9 Å². The largest absolute Gasteiger partial charge is 0.325 e. The first kappa shape index (κ1) is 18.7. The third-order valence-electron chi connectivity index (χ3n) is 5.07. The first-order chi connectivity index (χ1) is 12.7. The molecule has 1 N–H and O–H groups in total. The van der Waals surface area contributed by atoms with Crippen LogP contribution in [-0.4, -0.2) is 16.8 Å². The third-order valence-corrected chi connectivity index (χ3v) is 5.07. The Morgan fingerprint density at radius 1 is 1.07 bits per heavy atom. The molecule has 1 fully saturated rings. The number of amides is 3. The standard InChI is InChI=1S/C22H23N3O2/c1-21(2,3)17-9-11-18(12-10-17)22(4)19(26)25(20(27)24-22)14-16-8-6-5-7-15(16)13-23/h5-12H,14H2,1-4H3,(H,24,27)/t22-/m0/s1. The van der Waals surface area contributed by atoms with Crippen LogP contribution in [0.4, 0.5) is 4.79 Å². The molecule has 1 saturated heterocycles. The lowest BCUT2D eigenvalue weighted by Crippen LogP contribution is -2.40. The van der Waals surface area contributed by atoms with E-state index in [0.717, 1.165) is 11.1 Å². The van der Waals surface area contributed by atoms with Crippen molar-refractivity contribution < 1.29 is 9.59 Å². The number of nitrogens with one attached hydrogen (secondary N) is 1. The summed E-state index contributed by atoms with van der Waals surface area (Å²) in [6.07, 6.45) is 0. The van der Waals surface area contributed by atoms with Crippen molar-refractivity contribution in [3.8, 4) is 6.07 Å². The van der Waals surface area contributed by atoms with Crippen LogP contribution in [0.3, 0.4) is 0 Å². The Morgan fingerprint density at radius 3 is 2.30 bits per heavy atom. The van der Waals surface area contributed by atoms with E-state index in [4.69, 9.17) is 0 Å². The summed E-state index contributed by atoms with van der Waals surface area (Å²) in [6.45, 7) is 8.17. The van der Waals surface area contributed by atoms with Gasteiger partial charge in [-0.3, -0.25) is 9.69 Å². The molecule has 5 nitrogen and oxygen atoms in total. The number of urea groups is 1. The lowest BCUT2D eigenvalue weighted by Gasteiger charge is -2.24. The fraction of sp³-hybridized carbons (Fsp3) is 0.318. The fourth-order valence-corrected chi connectivity index (χ4v) is 3.28. The van der Waals surface area contributed by atoms with Crippen LogP contribution in [0.5, 0.6) is 0 Å². The van der Waals surface area contributed by atoms with E-state index < -0.39 is 11.6 Å². The van der Waals surface area contributed by atoms with Crippen molar-refractivity contribution in [1.82, 2.24) is 10.2 Å². The summed E-state index contributed by atoms with van der Waals surface area (Å²) in [5.74, 6) is -0.316. The van der Waals surface area contributed by atoms with Gasteiger partial charge >= 0.3 is 6.03 Å². The van der Waals surface area contributed by atoms with Gasteiger partial charge < -0.3 is 5.32 Å². The summed E-state index contributed by atoms with van der Waals surface area (Å²) in [6, 6.07) is 16.4. The molecule has 2 aromatic rings. The second-order valence-electron chi connectivity index (χ2n) is 8.04. The zero-order valence-electron chi connectivity index (χ0n) is 16.0. The van der Waals surface area contributed by atoms with Gasteiger partial charge in [0, 0.05) is 0 Å². The van der Waals surface area contributed by atoms with Crippen LogP contribution in [0.15, 0.2) is 48.5 Å². The number of nitriles is 1. The Balaban J connectivity index is 1.90. The number of carbonyl (C=O) groups is 2. The molecule has 0 aliphatic carbocycles. The van der Waals surface area contributed by atoms with Crippen molar-refractivity contribution in [3.05, 3.63) is 70.8 Å². The normalized spacial score (nSPS) is 19.7. The number of hydrogen-bond donors (Lipinski definition) is 1. The number of carbonyl (C=O) groups excluding carboxylic acids is 2. The smallest absolute Gasteiger partial charge is 0.319 e. The molecule has 1 heterocycles. The lowest BCUT2D eigenvalue weighted by atomic mass is 9.84. The number of rotatable bonds is 3. The van der Waals surface area contributed by atoms with Gasteiger partial charge in [0.05, 0.1) is 18.2 Å². The molecule has 0 unspecified atom stereocenters. The molecule has 3 rings (SSSR count). The van der Waals surface area contributed by atoms with Gasteiger partial charge in [0.2, 0.25) is 0 Å². The Hall–Kier alpha value is -3.13. The molecular weight excluding hydrogens is 338 g/mol. The molecular formula is C22H23N3O2. The third kappa shape index (κ3) is 3.31.